The molecule has 0 unspecified atom stereocenters. The summed E-state index contributed by atoms with van der Waals surface area (Å²) in [5, 5.41) is 8.94. The molecule has 0 aliphatic rings. The minimum Gasteiger partial charge on any atom is -0.383 e. The Labute approximate surface area is 116 Å². The molecule has 0 aliphatic heterocycles. The first kappa shape index (κ1) is 12.0. The van der Waals surface area contributed by atoms with E-state index in [1.54, 1.807) is 11.3 Å². The highest BCUT2D eigenvalue weighted by Crippen LogP contribution is 2.32. The van der Waals surface area contributed by atoms with Gasteiger partial charge in [-0.1, -0.05) is 18.2 Å². The van der Waals surface area contributed by atoms with Crippen molar-refractivity contribution in [3.8, 4) is 16.9 Å². The Hall–Kier alpha value is -2.07. The number of anilines is 1. The van der Waals surface area contributed by atoms with Gasteiger partial charge in [0.25, 0.3) is 0 Å². The van der Waals surface area contributed by atoms with Crippen LogP contribution in [0.3, 0.4) is 0 Å². The molecule has 3 rings (SSSR count). The fourth-order valence-electron chi connectivity index (χ4n) is 2.13. The van der Waals surface area contributed by atoms with Crippen molar-refractivity contribution < 1.29 is 0 Å². The summed E-state index contributed by atoms with van der Waals surface area (Å²) < 4.78 is 1.81. The number of rotatable bonds is 2. The first-order valence-corrected chi connectivity index (χ1v) is 7.06. The summed E-state index contributed by atoms with van der Waals surface area (Å²) in [6.07, 6.45) is 0. The second-order valence-corrected chi connectivity index (χ2v) is 5.32. The van der Waals surface area contributed by atoms with Crippen LogP contribution < -0.4 is 5.73 Å². The second kappa shape index (κ2) is 4.55. The van der Waals surface area contributed by atoms with Gasteiger partial charge in [-0.15, -0.1) is 0 Å². The lowest BCUT2D eigenvalue weighted by Gasteiger charge is -2.02. The van der Waals surface area contributed by atoms with E-state index in [-0.39, 0.29) is 0 Å². The molecule has 0 saturated carbocycles. The van der Waals surface area contributed by atoms with Gasteiger partial charge in [0, 0.05) is 16.5 Å². The molecule has 0 atom stereocenters. The minimum atomic E-state index is 0.701. The number of para-hydroxylation sites is 1. The number of nitrogens with zero attached hydrogens (tertiary/aromatic N) is 2. The summed E-state index contributed by atoms with van der Waals surface area (Å²) in [5.74, 6) is 0.701. The van der Waals surface area contributed by atoms with Gasteiger partial charge in [-0.2, -0.15) is 16.4 Å². The molecule has 2 aromatic heterocycles. The number of hydrogen-bond donors (Lipinski definition) is 1. The quantitative estimate of drug-likeness (QED) is 0.769. The molecule has 0 aliphatic carbocycles. The zero-order valence-corrected chi connectivity index (χ0v) is 11.7. The molecule has 0 amide bonds. The van der Waals surface area contributed by atoms with Gasteiger partial charge < -0.3 is 5.73 Å². The van der Waals surface area contributed by atoms with Gasteiger partial charge in [0.05, 0.1) is 11.4 Å². The Morgan fingerprint density at radius 3 is 2.47 bits per heavy atom. The van der Waals surface area contributed by atoms with Crippen molar-refractivity contribution in [2.75, 3.05) is 5.73 Å². The maximum absolute atomic E-state index is 6.20. The zero-order valence-electron chi connectivity index (χ0n) is 10.9. The van der Waals surface area contributed by atoms with Crippen LogP contribution in [-0.2, 0) is 0 Å². The lowest BCUT2D eigenvalue weighted by molar-refractivity contribution is 0.895. The topological polar surface area (TPSA) is 43.8 Å². The van der Waals surface area contributed by atoms with Crippen LogP contribution in [0.25, 0.3) is 16.9 Å². The number of aromatic nitrogens is 2. The molecule has 96 valence electrons. The SMILES string of the molecule is Cc1cscc1-c1nn(-c2ccccc2)c(N)c1C. The average Bonchev–Trinajstić information content (AvgIpc) is 2.97. The Balaban J connectivity index is 2.18. The van der Waals surface area contributed by atoms with Crippen molar-refractivity contribution in [3.05, 3.63) is 52.2 Å². The second-order valence-electron chi connectivity index (χ2n) is 4.57. The molecule has 1 aromatic carbocycles. The van der Waals surface area contributed by atoms with E-state index in [1.165, 1.54) is 11.1 Å². The minimum absolute atomic E-state index is 0.701. The third-order valence-corrected chi connectivity index (χ3v) is 4.14. The molecular formula is C15H15N3S. The molecule has 0 spiro atoms. The van der Waals surface area contributed by atoms with Gasteiger partial charge in [0.1, 0.15) is 5.82 Å². The molecule has 19 heavy (non-hydrogen) atoms. The number of thiophene rings is 1. The lowest BCUT2D eigenvalue weighted by Crippen LogP contribution is -2.01. The Kier molecular flexibility index (Phi) is 2.87. The van der Waals surface area contributed by atoms with Crippen molar-refractivity contribution >= 4 is 17.2 Å². The molecule has 4 heteroatoms. The van der Waals surface area contributed by atoms with Crippen molar-refractivity contribution in [2.45, 2.75) is 13.8 Å². The number of nitrogens with two attached hydrogens (primary N) is 1. The maximum atomic E-state index is 6.20. The number of aryl methyl sites for hydroxylation is 1. The van der Waals surface area contributed by atoms with Gasteiger partial charge >= 0.3 is 0 Å². The normalized spacial score (nSPS) is 10.8. The van der Waals surface area contributed by atoms with Crippen LogP contribution in [0.5, 0.6) is 0 Å². The summed E-state index contributed by atoms with van der Waals surface area (Å²) in [7, 11) is 0. The first-order valence-electron chi connectivity index (χ1n) is 6.12. The van der Waals surface area contributed by atoms with Crippen molar-refractivity contribution in [3.63, 3.8) is 0 Å². The Morgan fingerprint density at radius 2 is 1.84 bits per heavy atom. The van der Waals surface area contributed by atoms with E-state index in [0.29, 0.717) is 5.82 Å². The Morgan fingerprint density at radius 1 is 1.11 bits per heavy atom. The van der Waals surface area contributed by atoms with Crippen LogP contribution in [0.1, 0.15) is 11.1 Å². The number of nitrogen functional groups attached to an aromatic ring is 1. The van der Waals surface area contributed by atoms with Gasteiger partial charge in [-0.05, 0) is 36.9 Å². The van der Waals surface area contributed by atoms with E-state index >= 15 is 0 Å². The van der Waals surface area contributed by atoms with Crippen LogP contribution >= 0.6 is 11.3 Å². The lowest BCUT2D eigenvalue weighted by atomic mass is 10.1. The van der Waals surface area contributed by atoms with Crippen LogP contribution in [0.15, 0.2) is 41.1 Å². The Bertz CT molecular complexity index is 710. The highest BCUT2D eigenvalue weighted by atomic mass is 32.1. The molecule has 2 heterocycles. The van der Waals surface area contributed by atoms with Gasteiger partial charge in [-0.25, -0.2) is 4.68 Å². The average molecular weight is 269 g/mol. The largest absolute Gasteiger partial charge is 0.383 e. The van der Waals surface area contributed by atoms with E-state index in [4.69, 9.17) is 5.73 Å². The summed E-state index contributed by atoms with van der Waals surface area (Å²) in [6.45, 7) is 4.12. The van der Waals surface area contributed by atoms with Gasteiger partial charge in [-0.3, -0.25) is 0 Å². The van der Waals surface area contributed by atoms with E-state index in [1.807, 2.05) is 41.9 Å². The van der Waals surface area contributed by atoms with Gasteiger partial charge in [0.2, 0.25) is 0 Å². The summed E-state index contributed by atoms with van der Waals surface area (Å²) in [6, 6.07) is 9.97. The zero-order chi connectivity index (χ0) is 13.4. The summed E-state index contributed by atoms with van der Waals surface area (Å²) in [4.78, 5) is 0. The molecule has 2 N–H and O–H groups in total. The van der Waals surface area contributed by atoms with Gasteiger partial charge in [0.15, 0.2) is 0 Å². The van der Waals surface area contributed by atoms with E-state index in [9.17, 15) is 0 Å². The third-order valence-electron chi connectivity index (χ3n) is 3.28. The maximum Gasteiger partial charge on any atom is 0.130 e. The van der Waals surface area contributed by atoms with E-state index < -0.39 is 0 Å². The molecule has 0 saturated heterocycles. The van der Waals surface area contributed by atoms with Crippen molar-refractivity contribution in [1.82, 2.24) is 9.78 Å². The molecule has 0 radical (unpaired) electrons. The van der Waals surface area contributed by atoms with Crippen molar-refractivity contribution in [1.29, 1.82) is 0 Å². The highest BCUT2D eigenvalue weighted by Gasteiger charge is 2.16. The number of benzene rings is 1. The fourth-order valence-corrected chi connectivity index (χ4v) is 2.97. The summed E-state index contributed by atoms with van der Waals surface area (Å²) >= 11 is 1.69. The smallest absolute Gasteiger partial charge is 0.130 e. The predicted octanol–water partition coefficient (Wildman–Crippen LogP) is 3.80. The van der Waals surface area contributed by atoms with Crippen LogP contribution in [0, 0.1) is 13.8 Å². The number of hydrogen-bond acceptors (Lipinski definition) is 3. The van der Waals surface area contributed by atoms with E-state index in [2.05, 4.69) is 22.8 Å². The molecule has 3 aromatic rings. The molecule has 0 fully saturated rings. The molecular weight excluding hydrogens is 254 g/mol. The summed E-state index contributed by atoms with van der Waals surface area (Å²) in [5.41, 5.74) is 11.6. The monoisotopic (exact) mass is 269 g/mol. The standard InChI is InChI=1S/C15H15N3S/c1-10-8-19-9-13(10)14-11(2)15(16)18(17-14)12-6-4-3-5-7-12/h3-9H,16H2,1-2H3. The molecule has 0 bridgehead atoms. The molecule has 3 nitrogen and oxygen atoms in total. The predicted molar refractivity (Wildman–Crippen MR) is 80.8 cm³/mol. The fraction of sp³-hybridized carbons (Fsp3) is 0.133. The van der Waals surface area contributed by atoms with Crippen LogP contribution in [-0.4, -0.2) is 9.78 Å². The van der Waals surface area contributed by atoms with E-state index in [0.717, 1.165) is 16.9 Å². The first-order chi connectivity index (χ1) is 9.18. The van der Waals surface area contributed by atoms with Crippen LogP contribution in [0.2, 0.25) is 0 Å². The van der Waals surface area contributed by atoms with Crippen LogP contribution in [0.4, 0.5) is 5.82 Å². The highest BCUT2D eigenvalue weighted by molar-refractivity contribution is 7.08. The third kappa shape index (κ3) is 1.94. The van der Waals surface area contributed by atoms with Crippen molar-refractivity contribution in [2.24, 2.45) is 0 Å².